The molecule has 2 amide bonds. The van der Waals surface area contributed by atoms with Crippen LogP contribution in [-0.4, -0.2) is 25.4 Å². The zero-order chi connectivity index (χ0) is 25.0. The lowest BCUT2D eigenvalue weighted by Crippen LogP contribution is -2.20. The van der Waals surface area contributed by atoms with Crippen LogP contribution in [0.3, 0.4) is 0 Å². The Morgan fingerprint density at radius 1 is 0.743 bits per heavy atom. The van der Waals surface area contributed by atoms with Crippen molar-refractivity contribution in [2.45, 2.75) is 18.8 Å². The fraction of sp³-hybridized carbons (Fsp3) is 0.185. The number of carbonyl (C=O) groups excluding carboxylic acids is 2. The van der Waals surface area contributed by atoms with E-state index in [-0.39, 0.29) is 13.2 Å². The summed E-state index contributed by atoms with van der Waals surface area (Å²) in [5.74, 6) is 0.510. The maximum Gasteiger partial charge on any atom is 0.404 e. The van der Waals surface area contributed by atoms with Gasteiger partial charge in [-0.25, -0.2) is 9.59 Å². The molecule has 3 rings (SSSR count). The highest BCUT2D eigenvalue weighted by molar-refractivity contribution is 5.65. The van der Waals surface area contributed by atoms with Gasteiger partial charge in [-0.3, -0.25) is 0 Å². The van der Waals surface area contributed by atoms with E-state index in [0.717, 1.165) is 16.7 Å². The van der Waals surface area contributed by atoms with Gasteiger partial charge in [-0.1, -0.05) is 54.6 Å². The number of hydrogen-bond acceptors (Lipinski definition) is 6. The summed E-state index contributed by atoms with van der Waals surface area (Å²) in [7, 11) is 0. The third-order valence-corrected chi connectivity index (χ3v) is 5.17. The van der Waals surface area contributed by atoms with Crippen LogP contribution < -0.4 is 20.9 Å². The van der Waals surface area contributed by atoms with Crippen molar-refractivity contribution in [2.75, 3.05) is 13.2 Å². The van der Waals surface area contributed by atoms with Crippen molar-refractivity contribution in [3.8, 4) is 11.5 Å². The predicted molar refractivity (Wildman–Crippen MR) is 130 cm³/mol. The van der Waals surface area contributed by atoms with Crippen molar-refractivity contribution in [1.82, 2.24) is 0 Å². The summed E-state index contributed by atoms with van der Waals surface area (Å²) >= 11 is 0. The minimum absolute atomic E-state index is 0.201. The zero-order valence-electron chi connectivity index (χ0n) is 19.3. The first-order valence-electron chi connectivity index (χ1n) is 11.0. The van der Waals surface area contributed by atoms with Crippen LogP contribution in [0.15, 0.2) is 78.9 Å². The van der Waals surface area contributed by atoms with E-state index in [9.17, 15) is 9.59 Å². The highest BCUT2D eigenvalue weighted by Crippen LogP contribution is 2.30. The molecule has 0 fully saturated rings. The fourth-order valence-corrected chi connectivity index (χ4v) is 3.41. The van der Waals surface area contributed by atoms with Gasteiger partial charge in [-0.2, -0.15) is 0 Å². The number of para-hydroxylation sites is 2. The van der Waals surface area contributed by atoms with Crippen LogP contribution in [-0.2, 0) is 9.47 Å². The Bertz CT molecular complexity index is 1090. The smallest absolute Gasteiger partial charge is 0.404 e. The Labute approximate surface area is 204 Å². The molecule has 0 aliphatic rings. The Hall–Kier alpha value is -4.20. The van der Waals surface area contributed by atoms with Gasteiger partial charge in [0.1, 0.15) is 11.5 Å². The summed E-state index contributed by atoms with van der Waals surface area (Å²) in [6.45, 7) is 5.04. The van der Waals surface area contributed by atoms with Crippen molar-refractivity contribution >= 4 is 12.2 Å². The lowest BCUT2D eigenvalue weighted by molar-refractivity contribution is 0.168. The maximum absolute atomic E-state index is 11.3. The zero-order valence-corrected chi connectivity index (χ0v) is 19.3. The summed E-state index contributed by atoms with van der Waals surface area (Å²) in [5, 5.41) is 0. The number of primary amides is 2. The van der Waals surface area contributed by atoms with Crippen LogP contribution in [0.25, 0.3) is 0 Å². The molecule has 0 aliphatic carbocycles. The van der Waals surface area contributed by atoms with Gasteiger partial charge in [-0.05, 0) is 47.9 Å². The van der Waals surface area contributed by atoms with Crippen LogP contribution >= 0.6 is 0 Å². The molecule has 0 bridgehead atoms. The molecule has 0 saturated heterocycles. The summed E-state index contributed by atoms with van der Waals surface area (Å²) in [6, 6.07) is 24.3. The number of ether oxygens (including phenoxy) is 4. The minimum Gasteiger partial charge on any atom is -0.493 e. The fourth-order valence-electron chi connectivity index (χ4n) is 3.41. The lowest BCUT2D eigenvalue weighted by Gasteiger charge is -2.22. The summed E-state index contributed by atoms with van der Waals surface area (Å²) in [4.78, 5) is 22.5. The monoisotopic (exact) mass is 476 g/mol. The molecule has 8 heteroatoms. The van der Waals surface area contributed by atoms with Crippen LogP contribution in [0.2, 0.25) is 0 Å². The quantitative estimate of drug-likeness (QED) is 0.386. The van der Waals surface area contributed by atoms with Crippen LogP contribution in [0.4, 0.5) is 9.59 Å². The largest absolute Gasteiger partial charge is 0.493 e. The molecular weight excluding hydrogens is 448 g/mol. The van der Waals surface area contributed by atoms with Gasteiger partial charge in [0.05, 0.1) is 25.0 Å². The number of carbonyl (C=O) groups is 2. The lowest BCUT2D eigenvalue weighted by atomic mass is 9.90. The average molecular weight is 477 g/mol. The van der Waals surface area contributed by atoms with E-state index in [1.165, 1.54) is 13.2 Å². The maximum atomic E-state index is 11.3. The van der Waals surface area contributed by atoms with Gasteiger partial charge in [-0.15, -0.1) is 0 Å². The average Bonchev–Trinajstić information content (AvgIpc) is 2.86. The molecule has 2 atom stereocenters. The van der Waals surface area contributed by atoms with E-state index in [1.54, 1.807) is 0 Å². The van der Waals surface area contributed by atoms with Crippen LogP contribution in [0.5, 0.6) is 11.5 Å². The molecule has 0 aliphatic heterocycles. The molecule has 3 aromatic carbocycles. The molecule has 2 unspecified atom stereocenters. The summed E-state index contributed by atoms with van der Waals surface area (Å²) in [6.07, 6.45) is -1.83. The van der Waals surface area contributed by atoms with Gasteiger partial charge < -0.3 is 30.4 Å². The number of nitrogens with two attached hydrogens (primary N) is 2. The van der Waals surface area contributed by atoms with Crippen molar-refractivity contribution in [3.63, 3.8) is 0 Å². The Morgan fingerprint density at radius 3 is 1.74 bits per heavy atom. The second-order valence-electron chi connectivity index (χ2n) is 7.72. The molecule has 0 spiro atoms. The number of aryl methyl sites for hydroxylation is 1. The van der Waals surface area contributed by atoms with Gasteiger partial charge in [0.2, 0.25) is 0 Å². The third-order valence-electron chi connectivity index (χ3n) is 5.17. The van der Waals surface area contributed by atoms with Gasteiger partial charge >= 0.3 is 12.2 Å². The van der Waals surface area contributed by atoms with E-state index < -0.39 is 24.0 Å². The summed E-state index contributed by atoms with van der Waals surface area (Å²) in [5.41, 5.74) is 13.0. The Kier molecular flexibility index (Phi) is 9.36. The molecule has 4 N–H and O–H groups in total. The standard InChI is InChI=1S/C27H28N2O6/c1-19-12-13-20(21(16-34-26(28)30)15-32-23-8-4-2-5-9-23)14-25(19)22(18-35-27(29)31)17-33-24-10-6-3-7-11-24/h2-14,16,18,21-22H,15,17H2,1H3,(H2,28,30)(H2,29,31). The molecule has 182 valence electrons. The van der Waals surface area contributed by atoms with E-state index in [1.807, 2.05) is 85.8 Å². The molecule has 35 heavy (non-hydrogen) atoms. The SMILES string of the molecule is Cc1ccc(C([CH]OC(N)=O)COc2ccccc2)cc1C([CH]OC(N)=O)COc1ccccc1. The molecular formula is C27H28N2O6. The van der Waals surface area contributed by atoms with Crippen LogP contribution in [0.1, 0.15) is 28.5 Å². The molecule has 3 aromatic rings. The molecule has 0 saturated carbocycles. The topological polar surface area (TPSA) is 123 Å². The molecule has 0 heterocycles. The van der Waals surface area contributed by atoms with E-state index in [2.05, 4.69) is 0 Å². The third kappa shape index (κ3) is 8.26. The number of hydrogen-bond donors (Lipinski definition) is 2. The first-order valence-corrected chi connectivity index (χ1v) is 11.0. The van der Waals surface area contributed by atoms with Crippen molar-refractivity contribution in [2.24, 2.45) is 11.5 Å². The number of amides is 2. The Morgan fingerprint density at radius 2 is 1.23 bits per heavy atom. The van der Waals surface area contributed by atoms with Gasteiger partial charge in [0.25, 0.3) is 0 Å². The van der Waals surface area contributed by atoms with Crippen LogP contribution in [0, 0.1) is 20.1 Å². The highest BCUT2D eigenvalue weighted by Gasteiger charge is 2.22. The number of benzene rings is 3. The second-order valence-corrected chi connectivity index (χ2v) is 7.72. The molecule has 2 radical (unpaired) electrons. The Balaban J connectivity index is 1.84. The highest BCUT2D eigenvalue weighted by atomic mass is 16.6. The first-order chi connectivity index (χ1) is 16.9. The van der Waals surface area contributed by atoms with Crippen molar-refractivity contribution < 1.29 is 28.5 Å². The normalized spacial score (nSPS) is 12.3. The number of rotatable bonds is 12. The van der Waals surface area contributed by atoms with E-state index in [4.69, 9.17) is 30.4 Å². The van der Waals surface area contributed by atoms with Gasteiger partial charge in [0, 0.05) is 0 Å². The van der Waals surface area contributed by atoms with Gasteiger partial charge in [0.15, 0.2) is 13.2 Å². The minimum atomic E-state index is -0.917. The first kappa shape index (κ1) is 25.4. The molecule has 8 nitrogen and oxygen atoms in total. The van der Waals surface area contributed by atoms with E-state index >= 15 is 0 Å². The predicted octanol–water partition coefficient (Wildman–Crippen LogP) is 4.83. The second kappa shape index (κ2) is 12.9. The summed E-state index contributed by atoms with van der Waals surface area (Å²) < 4.78 is 21.8. The molecule has 0 aromatic heterocycles. The van der Waals surface area contributed by atoms with Crippen molar-refractivity contribution in [1.29, 1.82) is 0 Å². The van der Waals surface area contributed by atoms with E-state index in [0.29, 0.717) is 11.5 Å². The van der Waals surface area contributed by atoms with Crippen molar-refractivity contribution in [3.05, 3.63) is 109 Å².